The molecule has 3 atom stereocenters. The van der Waals surface area contributed by atoms with Crippen LogP contribution in [0, 0.1) is 0 Å². The summed E-state index contributed by atoms with van der Waals surface area (Å²) in [6.07, 6.45) is 0.501. The molecular formula is C25H31F3N4O4S2. The van der Waals surface area contributed by atoms with E-state index in [9.17, 15) is 31.5 Å². The summed E-state index contributed by atoms with van der Waals surface area (Å²) in [4.78, 5) is 16.4. The summed E-state index contributed by atoms with van der Waals surface area (Å²) in [6, 6.07) is 5.10. The lowest BCUT2D eigenvalue weighted by atomic mass is 9.95. The van der Waals surface area contributed by atoms with Gasteiger partial charge in [0.1, 0.15) is 0 Å². The zero-order valence-corrected chi connectivity index (χ0v) is 22.7. The number of carbonyl (C=O) groups is 1. The lowest BCUT2D eigenvalue weighted by Crippen LogP contribution is -2.62. The van der Waals surface area contributed by atoms with Gasteiger partial charge in [0.05, 0.1) is 17.5 Å². The van der Waals surface area contributed by atoms with E-state index in [0.29, 0.717) is 37.0 Å². The van der Waals surface area contributed by atoms with Gasteiger partial charge in [-0.3, -0.25) is 9.69 Å². The third-order valence-electron chi connectivity index (χ3n) is 7.35. The molecule has 0 aromatic heterocycles. The van der Waals surface area contributed by atoms with Crippen LogP contribution in [0.5, 0.6) is 0 Å². The number of halogens is 3. The first-order valence-corrected chi connectivity index (χ1v) is 14.1. The van der Waals surface area contributed by atoms with Gasteiger partial charge in [-0.1, -0.05) is 36.5 Å². The van der Waals surface area contributed by atoms with Crippen LogP contribution >= 0.6 is 12.2 Å². The zero-order chi connectivity index (χ0) is 27.9. The van der Waals surface area contributed by atoms with E-state index < -0.39 is 27.8 Å². The lowest BCUT2D eigenvalue weighted by molar-refractivity contribution is -0.258. The summed E-state index contributed by atoms with van der Waals surface area (Å²) in [7, 11) is -3.86. The van der Waals surface area contributed by atoms with Gasteiger partial charge < -0.3 is 15.3 Å². The molecule has 0 spiro atoms. The summed E-state index contributed by atoms with van der Waals surface area (Å²) in [6.45, 7) is 4.20. The van der Waals surface area contributed by atoms with Crippen molar-refractivity contribution in [3.63, 3.8) is 0 Å². The molecule has 38 heavy (non-hydrogen) atoms. The predicted octanol–water partition coefficient (Wildman–Crippen LogP) is 2.31. The Morgan fingerprint density at radius 1 is 1.18 bits per heavy atom. The average Bonchev–Trinajstić information content (AvgIpc) is 2.86. The van der Waals surface area contributed by atoms with Crippen LogP contribution < -0.4 is 10.2 Å². The second kappa shape index (κ2) is 10.7. The van der Waals surface area contributed by atoms with Crippen molar-refractivity contribution >= 4 is 38.7 Å². The number of sulfonamides is 1. The highest BCUT2D eigenvalue weighted by Gasteiger charge is 2.51. The standard InChI is InChI=1S/C25H31F3N4O4S2/c1-17-13-29-23(33)16-30(17)14-20-15-31(38(35,36)22-6-4-3-5-21(22)37)11-12-32(20)19-9-7-18(8-10-19)24(2,34)25(26,27)28/h3-4,6-10,17,20,34H,5,11-16H2,1-2H3,(H,29,33)/t17-,20-,24+/m0/s1. The second-order valence-corrected chi connectivity index (χ2v) is 12.4. The van der Waals surface area contributed by atoms with E-state index in [4.69, 9.17) is 12.2 Å². The van der Waals surface area contributed by atoms with Gasteiger partial charge in [-0.2, -0.15) is 17.5 Å². The van der Waals surface area contributed by atoms with E-state index in [1.807, 2.05) is 16.7 Å². The van der Waals surface area contributed by atoms with Gasteiger partial charge >= 0.3 is 6.18 Å². The fourth-order valence-corrected chi connectivity index (χ4v) is 6.95. The number of benzene rings is 1. The van der Waals surface area contributed by atoms with Crippen LogP contribution in [0.25, 0.3) is 0 Å². The first-order valence-electron chi connectivity index (χ1n) is 12.3. The summed E-state index contributed by atoms with van der Waals surface area (Å²) >= 11 is 5.31. The van der Waals surface area contributed by atoms with Gasteiger partial charge in [0.2, 0.25) is 15.9 Å². The molecule has 0 saturated carbocycles. The van der Waals surface area contributed by atoms with Gasteiger partial charge in [0.15, 0.2) is 5.60 Å². The molecule has 2 fully saturated rings. The van der Waals surface area contributed by atoms with Gasteiger partial charge in [-0.05, 0) is 37.6 Å². The van der Waals surface area contributed by atoms with E-state index in [0.717, 1.165) is 0 Å². The summed E-state index contributed by atoms with van der Waals surface area (Å²) in [5, 5.41) is 12.8. The predicted molar refractivity (Wildman–Crippen MR) is 142 cm³/mol. The molecule has 13 heteroatoms. The topological polar surface area (TPSA) is 93.2 Å². The molecular weight excluding hydrogens is 541 g/mol. The Labute approximate surface area is 225 Å². The highest BCUT2D eigenvalue weighted by atomic mass is 32.2. The fraction of sp³-hybridized carbons (Fsp3) is 0.520. The number of aliphatic hydroxyl groups is 1. The van der Waals surface area contributed by atoms with E-state index in [-0.39, 0.29) is 48.6 Å². The van der Waals surface area contributed by atoms with Crippen molar-refractivity contribution in [3.8, 4) is 0 Å². The SMILES string of the molecule is C[C@H]1CNC(=O)CN1C[C@H]1CN(S(=O)(=O)C2=CC=CCC2=S)CCN1c1ccc([C@@](C)(O)C(F)(F)F)cc1. The van der Waals surface area contributed by atoms with Crippen LogP contribution in [0.15, 0.2) is 47.4 Å². The molecule has 0 unspecified atom stereocenters. The number of hydrogen-bond acceptors (Lipinski definition) is 7. The average molecular weight is 573 g/mol. The van der Waals surface area contributed by atoms with Crippen molar-refractivity contribution in [1.29, 1.82) is 0 Å². The molecule has 1 amide bonds. The number of anilines is 1. The smallest absolute Gasteiger partial charge is 0.376 e. The van der Waals surface area contributed by atoms with Crippen molar-refractivity contribution in [1.82, 2.24) is 14.5 Å². The molecule has 1 aromatic rings. The maximum atomic E-state index is 13.5. The molecule has 2 aliphatic heterocycles. The number of nitrogens with one attached hydrogen (secondary N) is 1. The van der Waals surface area contributed by atoms with Crippen molar-refractivity contribution in [2.75, 3.05) is 44.2 Å². The Bertz CT molecular complexity index is 1250. The zero-order valence-electron chi connectivity index (χ0n) is 21.1. The molecule has 1 aliphatic carbocycles. The van der Waals surface area contributed by atoms with Crippen LogP contribution in [-0.4, -0.2) is 91.0 Å². The summed E-state index contributed by atoms with van der Waals surface area (Å²) in [5.41, 5.74) is -2.70. The van der Waals surface area contributed by atoms with Crippen molar-refractivity contribution in [2.24, 2.45) is 0 Å². The molecule has 3 aliphatic rings. The van der Waals surface area contributed by atoms with Crippen LogP contribution in [0.2, 0.25) is 0 Å². The highest BCUT2D eigenvalue weighted by Crippen LogP contribution is 2.39. The Morgan fingerprint density at radius 2 is 1.87 bits per heavy atom. The van der Waals surface area contributed by atoms with Crippen LogP contribution in [0.4, 0.5) is 18.9 Å². The molecule has 1 aromatic carbocycles. The molecule has 2 saturated heterocycles. The Morgan fingerprint density at radius 3 is 2.50 bits per heavy atom. The number of alkyl halides is 3. The molecule has 0 radical (unpaired) electrons. The summed E-state index contributed by atoms with van der Waals surface area (Å²) < 4.78 is 68.4. The number of rotatable bonds is 6. The molecule has 4 rings (SSSR count). The monoisotopic (exact) mass is 572 g/mol. The van der Waals surface area contributed by atoms with Crippen LogP contribution in [0.1, 0.15) is 25.8 Å². The quantitative estimate of drug-likeness (QED) is 0.506. The number of carbonyl (C=O) groups excluding carboxylic acids is 1. The number of hydrogen-bond donors (Lipinski definition) is 2. The molecule has 208 valence electrons. The first-order chi connectivity index (χ1) is 17.7. The number of piperazine rings is 2. The van der Waals surface area contributed by atoms with E-state index >= 15 is 0 Å². The number of amides is 1. The van der Waals surface area contributed by atoms with E-state index in [2.05, 4.69) is 5.32 Å². The third kappa shape index (κ3) is 5.67. The maximum absolute atomic E-state index is 13.5. The lowest BCUT2D eigenvalue weighted by Gasteiger charge is -2.45. The van der Waals surface area contributed by atoms with Gasteiger partial charge in [0, 0.05) is 55.7 Å². The van der Waals surface area contributed by atoms with E-state index in [1.165, 1.54) is 34.6 Å². The first kappa shape index (κ1) is 28.7. The minimum absolute atomic E-state index is 0.0181. The third-order valence-corrected chi connectivity index (χ3v) is 9.81. The summed E-state index contributed by atoms with van der Waals surface area (Å²) in [5.74, 6) is -0.127. The Hall–Kier alpha value is -2.32. The van der Waals surface area contributed by atoms with Crippen LogP contribution in [0.3, 0.4) is 0 Å². The molecule has 2 heterocycles. The Balaban J connectivity index is 1.63. The van der Waals surface area contributed by atoms with Gasteiger partial charge in [-0.15, -0.1) is 0 Å². The number of thiocarbonyl (C=S) groups is 1. The van der Waals surface area contributed by atoms with Crippen LogP contribution in [-0.2, 0) is 20.4 Å². The fourth-order valence-electron chi connectivity index (χ4n) is 4.88. The van der Waals surface area contributed by atoms with E-state index in [1.54, 1.807) is 12.2 Å². The Kier molecular flexibility index (Phi) is 8.06. The van der Waals surface area contributed by atoms with Crippen molar-refractivity contribution in [3.05, 3.63) is 53.0 Å². The molecule has 2 N–H and O–H groups in total. The normalized spacial score (nSPS) is 25.6. The minimum Gasteiger partial charge on any atom is -0.376 e. The largest absolute Gasteiger partial charge is 0.421 e. The second-order valence-electron chi connectivity index (χ2n) is 10.00. The number of allylic oxidation sites excluding steroid dienone is 4. The van der Waals surface area contributed by atoms with Crippen molar-refractivity contribution < 1.29 is 31.5 Å². The van der Waals surface area contributed by atoms with Crippen molar-refractivity contribution in [2.45, 2.75) is 44.1 Å². The maximum Gasteiger partial charge on any atom is 0.421 e. The van der Waals surface area contributed by atoms with Gasteiger partial charge in [0.25, 0.3) is 0 Å². The minimum atomic E-state index is -4.84. The highest BCUT2D eigenvalue weighted by molar-refractivity contribution is 7.96. The molecule has 8 nitrogen and oxygen atoms in total. The van der Waals surface area contributed by atoms with Gasteiger partial charge in [-0.25, -0.2) is 8.42 Å². The number of nitrogens with zero attached hydrogens (tertiary/aromatic N) is 3. The molecule has 0 bridgehead atoms.